The molecule has 0 aliphatic carbocycles. The Balaban J connectivity index is 1.80. The summed E-state index contributed by atoms with van der Waals surface area (Å²) in [6.07, 6.45) is 2.50. The smallest absolute Gasteiger partial charge is 0.341 e. The zero-order valence-corrected chi connectivity index (χ0v) is 16.3. The van der Waals surface area contributed by atoms with E-state index in [-0.39, 0.29) is 12.2 Å². The van der Waals surface area contributed by atoms with E-state index in [2.05, 4.69) is 15.6 Å². The zero-order chi connectivity index (χ0) is 20.7. The second-order valence-corrected chi connectivity index (χ2v) is 6.09. The summed E-state index contributed by atoms with van der Waals surface area (Å²) in [4.78, 5) is 35.0. The Morgan fingerprint density at radius 2 is 1.93 bits per heavy atom. The van der Waals surface area contributed by atoms with Crippen LogP contribution in [-0.4, -0.2) is 31.5 Å². The Morgan fingerprint density at radius 1 is 1.18 bits per heavy atom. The highest BCUT2D eigenvalue weighted by atomic mass is 35.5. The molecule has 2 aromatic rings. The van der Waals surface area contributed by atoms with Gasteiger partial charge in [0.05, 0.1) is 7.11 Å². The summed E-state index contributed by atoms with van der Waals surface area (Å²) in [6.45, 7) is 3.13. The summed E-state index contributed by atoms with van der Waals surface area (Å²) in [5.41, 5.74) is 5.51. The molecule has 0 atom stereocenters. The van der Waals surface area contributed by atoms with Crippen LogP contribution in [0.4, 0.5) is 0 Å². The number of carbonyl (C=O) groups is 3. The molecule has 0 saturated carbocycles. The van der Waals surface area contributed by atoms with Gasteiger partial charge in [0.2, 0.25) is 0 Å². The van der Waals surface area contributed by atoms with Crippen LogP contribution in [0, 0.1) is 13.8 Å². The van der Waals surface area contributed by atoms with E-state index in [1.807, 2.05) is 6.92 Å². The first kappa shape index (κ1) is 21.0. The third kappa shape index (κ3) is 5.88. The van der Waals surface area contributed by atoms with E-state index in [4.69, 9.17) is 20.8 Å². The topological polar surface area (TPSA) is 107 Å². The van der Waals surface area contributed by atoms with Crippen LogP contribution >= 0.6 is 11.6 Å². The first-order chi connectivity index (χ1) is 13.3. The minimum atomic E-state index is -0.593. The number of carbonyl (C=O) groups excluding carboxylic acids is 3. The highest BCUT2D eigenvalue weighted by molar-refractivity contribution is 6.31. The number of rotatable bonds is 6. The summed E-state index contributed by atoms with van der Waals surface area (Å²) in [5.74, 6) is -0.525. The van der Waals surface area contributed by atoms with Gasteiger partial charge in [-0.25, -0.2) is 4.79 Å². The molecule has 1 aromatic carbocycles. The van der Waals surface area contributed by atoms with Crippen molar-refractivity contribution in [1.82, 2.24) is 10.9 Å². The molecule has 1 aromatic heterocycles. The molecule has 2 amide bonds. The third-order valence-electron chi connectivity index (χ3n) is 3.57. The molecule has 0 aliphatic rings. The largest absolute Gasteiger partial charge is 0.484 e. The van der Waals surface area contributed by atoms with Gasteiger partial charge in [-0.05, 0) is 49.8 Å². The van der Waals surface area contributed by atoms with Gasteiger partial charge in [-0.3, -0.25) is 20.4 Å². The second kappa shape index (κ2) is 9.61. The van der Waals surface area contributed by atoms with Crippen molar-refractivity contribution >= 4 is 35.5 Å². The quantitative estimate of drug-likeness (QED) is 0.434. The van der Waals surface area contributed by atoms with Gasteiger partial charge in [-0.1, -0.05) is 11.6 Å². The van der Waals surface area contributed by atoms with Crippen LogP contribution in [0.1, 0.15) is 27.4 Å². The molecule has 28 heavy (non-hydrogen) atoms. The van der Waals surface area contributed by atoms with Crippen LogP contribution in [0.25, 0.3) is 6.08 Å². The van der Waals surface area contributed by atoms with E-state index in [0.29, 0.717) is 22.3 Å². The van der Waals surface area contributed by atoms with Crippen molar-refractivity contribution in [2.24, 2.45) is 0 Å². The molecular formula is C19H19ClN2O6. The summed E-state index contributed by atoms with van der Waals surface area (Å²) in [5, 5.41) is 0.598. The van der Waals surface area contributed by atoms with E-state index < -0.39 is 17.8 Å². The maximum Gasteiger partial charge on any atom is 0.341 e. The van der Waals surface area contributed by atoms with E-state index in [0.717, 1.165) is 11.6 Å². The minimum absolute atomic E-state index is 0.269. The fraction of sp³-hybridized carbons (Fsp3) is 0.211. The number of methoxy groups -OCH3 is 1. The van der Waals surface area contributed by atoms with Gasteiger partial charge in [0.15, 0.2) is 6.61 Å². The van der Waals surface area contributed by atoms with Gasteiger partial charge >= 0.3 is 5.97 Å². The molecule has 0 saturated heterocycles. The van der Waals surface area contributed by atoms with Crippen LogP contribution in [0.2, 0.25) is 5.02 Å². The van der Waals surface area contributed by atoms with Crippen molar-refractivity contribution in [3.8, 4) is 5.75 Å². The summed E-state index contributed by atoms with van der Waals surface area (Å²) in [7, 11) is 1.26. The molecule has 0 spiro atoms. The van der Waals surface area contributed by atoms with E-state index in [1.54, 1.807) is 25.1 Å². The van der Waals surface area contributed by atoms with Gasteiger partial charge in [0.25, 0.3) is 11.8 Å². The van der Waals surface area contributed by atoms with Crippen molar-refractivity contribution in [1.29, 1.82) is 0 Å². The van der Waals surface area contributed by atoms with Crippen molar-refractivity contribution in [3.05, 3.63) is 58.0 Å². The monoisotopic (exact) mass is 406 g/mol. The Bertz CT molecular complexity index is 919. The number of hydrogen-bond donors (Lipinski definition) is 2. The summed E-state index contributed by atoms with van der Waals surface area (Å²) >= 11 is 5.92. The first-order valence-corrected chi connectivity index (χ1v) is 8.52. The average molecular weight is 407 g/mol. The van der Waals surface area contributed by atoms with Gasteiger partial charge in [0.1, 0.15) is 22.8 Å². The number of aryl methyl sites for hydroxylation is 2. The summed E-state index contributed by atoms with van der Waals surface area (Å²) < 4.78 is 15.3. The average Bonchev–Trinajstić information content (AvgIpc) is 3.05. The Morgan fingerprint density at radius 3 is 2.61 bits per heavy atom. The highest BCUT2D eigenvalue weighted by Crippen LogP contribution is 2.20. The van der Waals surface area contributed by atoms with Crippen molar-refractivity contribution in [2.45, 2.75) is 13.8 Å². The number of esters is 1. The molecular weight excluding hydrogens is 388 g/mol. The maximum atomic E-state index is 11.8. The standard InChI is InChI=1S/C19H19ClN2O6/c1-11-8-13(4-6-16(11)20)27-10-18(24)22-21-17(23)7-5-14-9-15(12(2)28-14)19(25)26-3/h4-9H,10H2,1-3H3,(H,21,23)(H,22,24)/b7-5+. The lowest BCUT2D eigenvalue weighted by Gasteiger charge is -2.08. The first-order valence-electron chi connectivity index (χ1n) is 8.14. The van der Waals surface area contributed by atoms with Gasteiger partial charge in [-0.2, -0.15) is 0 Å². The Kier molecular flexibility index (Phi) is 7.22. The molecule has 0 radical (unpaired) electrons. The molecule has 2 N–H and O–H groups in total. The van der Waals surface area contributed by atoms with Crippen LogP contribution in [0.5, 0.6) is 5.75 Å². The number of benzene rings is 1. The van der Waals surface area contributed by atoms with E-state index in [1.165, 1.54) is 19.3 Å². The van der Waals surface area contributed by atoms with Gasteiger partial charge < -0.3 is 13.9 Å². The number of hydrogen-bond acceptors (Lipinski definition) is 6. The lowest BCUT2D eigenvalue weighted by molar-refractivity contribution is -0.128. The number of halogens is 1. The number of nitrogens with one attached hydrogen (secondary N) is 2. The number of hydrazine groups is 1. The highest BCUT2D eigenvalue weighted by Gasteiger charge is 2.14. The van der Waals surface area contributed by atoms with E-state index >= 15 is 0 Å². The molecule has 0 unspecified atom stereocenters. The fourth-order valence-corrected chi connectivity index (χ4v) is 2.24. The lowest BCUT2D eigenvalue weighted by Crippen LogP contribution is -2.43. The second-order valence-electron chi connectivity index (χ2n) is 5.68. The number of furan rings is 1. The molecule has 0 bridgehead atoms. The van der Waals surface area contributed by atoms with Gasteiger partial charge in [-0.15, -0.1) is 0 Å². The van der Waals surface area contributed by atoms with Crippen molar-refractivity contribution in [3.63, 3.8) is 0 Å². The molecule has 0 fully saturated rings. The Hall–Kier alpha value is -3.26. The molecule has 148 valence electrons. The van der Waals surface area contributed by atoms with Crippen LogP contribution in [-0.2, 0) is 14.3 Å². The molecule has 1 heterocycles. The predicted molar refractivity (Wildman–Crippen MR) is 102 cm³/mol. The SMILES string of the molecule is COC(=O)c1cc(/C=C/C(=O)NNC(=O)COc2ccc(Cl)c(C)c2)oc1C. The Labute approximate surface area is 166 Å². The van der Waals surface area contributed by atoms with E-state index in [9.17, 15) is 14.4 Å². The maximum absolute atomic E-state index is 11.8. The van der Waals surface area contributed by atoms with Crippen LogP contribution < -0.4 is 15.6 Å². The lowest BCUT2D eigenvalue weighted by atomic mass is 10.2. The molecule has 9 heteroatoms. The summed E-state index contributed by atoms with van der Waals surface area (Å²) in [6, 6.07) is 6.45. The fourth-order valence-electron chi connectivity index (χ4n) is 2.12. The molecule has 0 aliphatic heterocycles. The minimum Gasteiger partial charge on any atom is -0.484 e. The van der Waals surface area contributed by atoms with Crippen LogP contribution in [0.3, 0.4) is 0 Å². The predicted octanol–water partition coefficient (Wildman–Crippen LogP) is 2.58. The number of ether oxygens (including phenoxy) is 2. The molecule has 2 rings (SSSR count). The van der Waals surface area contributed by atoms with Crippen molar-refractivity contribution < 1.29 is 28.3 Å². The zero-order valence-electron chi connectivity index (χ0n) is 15.5. The molecule has 8 nitrogen and oxygen atoms in total. The normalized spacial score (nSPS) is 10.6. The third-order valence-corrected chi connectivity index (χ3v) is 3.99. The van der Waals surface area contributed by atoms with Crippen LogP contribution in [0.15, 0.2) is 34.8 Å². The van der Waals surface area contributed by atoms with Crippen molar-refractivity contribution in [2.75, 3.05) is 13.7 Å². The van der Waals surface area contributed by atoms with Gasteiger partial charge in [0, 0.05) is 11.1 Å². The number of amides is 2.